The Morgan fingerprint density at radius 2 is 1.51 bits per heavy atom. The second-order valence-electron chi connectivity index (χ2n) is 10.4. The number of hydrogen-bond donors (Lipinski definition) is 1. The van der Waals surface area contributed by atoms with Crippen molar-refractivity contribution in [3.8, 4) is 22.5 Å². The van der Waals surface area contributed by atoms with Crippen LogP contribution in [0.15, 0.2) is 101 Å². The van der Waals surface area contributed by atoms with Crippen molar-refractivity contribution in [3.63, 3.8) is 0 Å². The fourth-order valence-electron chi connectivity index (χ4n) is 4.71. The zero-order valence-electron chi connectivity index (χ0n) is 23.8. The molecule has 0 amide bonds. The number of aromatic amines is 1. The summed E-state index contributed by atoms with van der Waals surface area (Å²) in [5.74, 6) is 1.18. The van der Waals surface area contributed by atoms with Gasteiger partial charge in [-0.05, 0) is 46.5 Å². The maximum atomic E-state index is 13.4. The third kappa shape index (κ3) is 7.20. The number of rotatable bonds is 9. The Kier molecular flexibility index (Phi) is 8.35. The zero-order chi connectivity index (χ0) is 31.6. The highest BCUT2D eigenvalue weighted by Crippen LogP contribution is 2.31. The highest BCUT2D eigenvalue weighted by atomic mass is 32.2. The van der Waals surface area contributed by atoms with Gasteiger partial charge in [0, 0.05) is 42.7 Å². The van der Waals surface area contributed by atoms with Gasteiger partial charge >= 0.3 is 6.18 Å². The summed E-state index contributed by atoms with van der Waals surface area (Å²) in [4.78, 5) is 20.6. The van der Waals surface area contributed by atoms with E-state index in [1.165, 1.54) is 36.0 Å². The number of aromatic nitrogens is 7. The minimum atomic E-state index is -4.39. The van der Waals surface area contributed by atoms with E-state index in [2.05, 4.69) is 25.3 Å². The number of halogens is 4. The number of benzene rings is 3. The lowest BCUT2D eigenvalue weighted by Crippen LogP contribution is -2.20. The molecule has 0 radical (unpaired) electrons. The van der Waals surface area contributed by atoms with Gasteiger partial charge in [0.05, 0.1) is 18.3 Å². The summed E-state index contributed by atoms with van der Waals surface area (Å²) in [5, 5.41) is 13.2. The first-order valence-corrected chi connectivity index (χ1v) is 14.7. The highest BCUT2D eigenvalue weighted by Gasteiger charge is 2.30. The second kappa shape index (κ2) is 12.5. The van der Waals surface area contributed by atoms with Gasteiger partial charge in [0.1, 0.15) is 5.82 Å². The van der Waals surface area contributed by atoms with Gasteiger partial charge in [0.15, 0.2) is 16.8 Å². The van der Waals surface area contributed by atoms with Crippen molar-refractivity contribution in [1.82, 2.24) is 34.5 Å². The van der Waals surface area contributed by atoms with Crippen molar-refractivity contribution in [2.24, 2.45) is 7.05 Å². The Balaban J connectivity index is 1.23. The first-order valence-electron chi connectivity index (χ1n) is 13.8. The van der Waals surface area contributed by atoms with Gasteiger partial charge < -0.3 is 9.55 Å². The Hall–Kier alpha value is -5.04. The number of aryl methyl sites for hydroxylation is 1. The molecule has 45 heavy (non-hydrogen) atoms. The van der Waals surface area contributed by atoms with Crippen LogP contribution in [-0.4, -0.2) is 34.5 Å². The van der Waals surface area contributed by atoms with E-state index in [4.69, 9.17) is 0 Å². The Labute approximate surface area is 258 Å². The molecule has 0 aliphatic rings. The predicted octanol–water partition coefficient (Wildman–Crippen LogP) is 6.52. The van der Waals surface area contributed by atoms with Gasteiger partial charge in [0.25, 0.3) is 5.56 Å². The van der Waals surface area contributed by atoms with Gasteiger partial charge in [0.2, 0.25) is 0 Å². The van der Waals surface area contributed by atoms with Gasteiger partial charge in [-0.2, -0.15) is 23.3 Å². The molecule has 1 N–H and O–H groups in total. The zero-order valence-corrected chi connectivity index (χ0v) is 24.6. The van der Waals surface area contributed by atoms with Crippen molar-refractivity contribution < 1.29 is 17.6 Å². The molecule has 0 spiro atoms. The van der Waals surface area contributed by atoms with Crippen LogP contribution in [0, 0.1) is 5.82 Å². The third-order valence-corrected chi connectivity index (χ3v) is 8.08. The SMILES string of the molecule is Cn1cc(Cc2cn(Cc3nnc(-c4ccc(-c5ccc(C(F)(F)F)cc5)cc4)[nH]3)c(SCc3ccc(F)cc3)nc2=O)cn1. The van der Waals surface area contributed by atoms with E-state index < -0.39 is 11.7 Å². The standard InChI is InChI=1S/C32H25F4N7OS/c1-42-16-21(15-37-42)14-25-17-43(31(39-30(25)44)45-19-20-2-12-27(33)13-3-20)18-28-38-29(41-40-28)24-6-4-22(5-7-24)23-8-10-26(11-9-23)32(34,35)36/h2-13,15-17H,14,18-19H2,1H3,(H,38,40,41). The number of nitrogens with zero attached hydrogens (tertiary/aromatic N) is 6. The smallest absolute Gasteiger partial charge is 0.323 e. The molecule has 0 saturated carbocycles. The molecule has 0 saturated heterocycles. The first kappa shape index (κ1) is 30.0. The van der Waals surface area contributed by atoms with Gasteiger partial charge in [-0.1, -0.05) is 60.3 Å². The van der Waals surface area contributed by atoms with Crippen LogP contribution in [0.2, 0.25) is 0 Å². The lowest BCUT2D eigenvalue weighted by atomic mass is 10.0. The normalized spacial score (nSPS) is 11.7. The van der Waals surface area contributed by atoms with Crippen LogP contribution in [0.25, 0.3) is 22.5 Å². The number of H-pyrrole nitrogens is 1. The summed E-state index contributed by atoms with van der Waals surface area (Å²) in [5.41, 5.74) is 3.36. The van der Waals surface area contributed by atoms with Crippen LogP contribution < -0.4 is 5.56 Å². The molecule has 0 unspecified atom stereocenters. The Morgan fingerprint density at radius 3 is 2.16 bits per heavy atom. The van der Waals surface area contributed by atoms with Gasteiger partial charge in [-0.25, -0.2) is 4.39 Å². The van der Waals surface area contributed by atoms with Crippen LogP contribution in [0.3, 0.4) is 0 Å². The first-order chi connectivity index (χ1) is 21.6. The maximum Gasteiger partial charge on any atom is 0.416 e. The summed E-state index contributed by atoms with van der Waals surface area (Å²) in [6.07, 6.45) is 1.27. The van der Waals surface area contributed by atoms with Gasteiger partial charge in [-0.15, -0.1) is 10.2 Å². The molecule has 0 aliphatic heterocycles. The molecule has 0 bridgehead atoms. The molecule has 0 atom stereocenters. The van der Waals surface area contributed by atoms with Crippen LogP contribution in [0.5, 0.6) is 0 Å². The average molecular weight is 632 g/mol. The molecule has 6 aromatic rings. The topological polar surface area (TPSA) is 94.3 Å². The van der Waals surface area contributed by atoms with Crippen LogP contribution in [0.4, 0.5) is 17.6 Å². The Morgan fingerprint density at radius 1 is 0.844 bits per heavy atom. The fourth-order valence-corrected chi connectivity index (χ4v) is 5.63. The van der Waals surface area contributed by atoms with Crippen molar-refractivity contribution in [1.29, 1.82) is 0 Å². The van der Waals surface area contributed by atoms with E-state index in [0.717, 1.165) is 34.4 Å². The minimum absolute atomic E-state index is 0.246. The average Bonchev–Trinajstić information content (AvgIpc) is 3.67. The fraction of sp³-hybridized carbons (Fsp3) is 0.156. The number of hydrogen-bond acceptors (Lipinski definition) is 6. The van der Waals surface area contributed by atoms with Crippen molar-refractivity contribution in [3.05, 3.63) is 136 Å². The Bertz CT molecular complexity index is 1980. The molecule has 6 rings (SSSR count). The monoisotopic (exact) mass is 631 g/mol. The van der Waals surface area contributed by atoms with Crippen molar-refractivity contribution in [2.75, 3.05) is 0 Å². The number of nitrogens with one attached hydrogen (secondary N) is 1. The van der Waals surface area contributed by atoms with E-state index in [1.54, 1.807) is 48.4 Å². The van der Waals surface area contributed by atoms with E-state index in [9.17, 15) is 22.4 Å². The molecule has 8 nitrogen and oxygen atoms in total. The molecule has 0 aliphatic carbocycles. The van der Waals surface area contributed by atoms with E-state index in [1.807, 2.05) is 22.9 Å². The molecule has 3 aromatic carbocycles. The van der Waals surface area contributed by atoms with Crippen molar-refractivity contribution in [2.45, 2.75) is 30.1 Å². The maximum absolute atomic E-state index is 13.4. The molecule has 0 fully saturated rings. The van der Waals surface area contributed by atoms with E-state index in [-0.39, 0.29) is 17.9 Å². The molecular formula is C32H25F4N7OS. The summed E-state index contributed by atoms with van der Waals surface area (Å²) in [6.45, 7) is 0.246. The summed E-state index contributed by atoms with van der Waals surface area (Å²) >= 11 is 1.35. The number of thioether (sulfide) groups is 1. The molecule has 228 valence electrons. The molecule has 3 aromatic heterocycles. The van der Waals surface area contributed by atoms with E-state index in [0.29, 0.717) is 40.1 Å². The van der Waals surface area contributed by atoms with E-state index >= 15 is 0 Å². The predicted molar refractivity (Wildman–Crippen MR) is 162 cm³/mol. The molecule has 3 heterocycles. The minimum Gasteiger partial charge on any atom is -0.323 e. The summed E-state index contributed by atoms with van der Waals surface area (Å²) in [7, 11) is 1.80. The lowest BCUT2D eigenvalue weighted by Gasteiger charge is -2.12. The van der Waals surface area contributed by atoms with Gasteiger partial charge in [-0.3, -0.25) is 9.48 Å². The lowest BCUT2D eigenvalue weighted by molar-refractivity contribution is -0.137. The molecular weight excluding hydrogens is 606 g/mol. The van der Waals surface area contributed by atoms with Crippen LogP contribution in [-0.2, 0) is 31.9 Å². The highest BCUT2D eigenvalue weighted by molar-refractivity contribution is 7.98. The summed E-state index contributed by atoms with van der Waals surface area (Å²) in [6, 6.07) is 18.4. The summed E-state index contributed by atoms with van der Waals surface area (Å²) < 4.78 is 55.6. The quantitative estimate of drug-likeness (QED) is 0.111. The van der Waals surface area contributed by atoms with Crippen LogP contribution >= 0.6 is 11.8 Å². The second-order valence-corrected chi connectivity index (χ2v) is 11.3. The number of alkyl halides is 3. The van der Waals surface area contributed by atoms with Crippen molar-refractivity contribution >= 4 is 11.8 Å². The largest absolute Gasteiger partial charge is 0.416 e. The molecule has 13 heteroatoms. The third-order valence-electron chi connectivity index (χ3n) is 7.02. The van der Waals surface area contributed by atoms with Crippen LogP contribution in [0.1, 0.15) is 28.1 Å².